The van der Waals surface area contributed by atoms with Gasteiger partial charge in [0.15, 0.2) is 5.69 Å². The van der Waals surface area contributed by atoms with Crippen molar-refractivity contribution >= 4 is 18.4 Å². The normalized spacial score (nSPS) is 18.8. The Labute approximate surface area is 100 Å². The van der Waals surface area contributed by atoms with Crippen LogP contribution < -0.4 is 5.32 Å². The fourth-order valence-corrected chi connectivity index (χ4v) is 2.24. The predicted molar refractivity (Wildman–Crippen MR) is 62.2 cm³/mol. The lowest BCUT2D eigenvalue weighted by molar-refractivity contribution is 0.0688. The standard InChI is InChI=1S/C10H15N3O2.ClH/c1-3-6-4-11-5-7-8(10(14)15)12-13(2)9(6)7;/h6,11H,3-5H2,1-2H3,(H,14,15);1H/t6-;/m1./s1. The van der Waals surface area contributed by atoms with E-state index < -0.39 is 5.97 Å². The first kappa shape index (κ1) is 13.0. The molecular weight excluding hydrogens is 230 g/mol. The van der Waals surface area contributed by atoms with Gasteiger partial charge in [0.2, 0.25) is 0 Å². The first-order chi connectivity index (χ1) is 7.15. The van der Waals surface area contributed by atoms with Gasteiger partial charge in [-0.1, -0.05) is 6.92 Å². The topological polar surface area (TPSA) is 67.2 Å². The van der Waals surface area contributed by atoms with Crippen LogP contribution in [0.4, 0.5) is 0 Å². The van der Waals surface area contributed by atoms with Gasteiger partial charge in [-0.3, -0.25) is 4.68 Å². The average molecular weight is 246 g/mol. The minimum absolute atomic E-state index is 0. The molecule has 1 aromatic rings. The van der Waals surface area contributed by atoms with E-state index in [1.54, 1.807) is 4.68 Å². The Bertz CT molecular complexity index is 403. The fraction of sp³-hybridized carbons (Fsp3) is 0.600. The Morgan fingerprint density at radius 3 is 2.94 bits per heavy atom. The Balaban J connectivity index is 0.00000128. The summed E-state index contributed by atoms with van der Waals surface area (Å²) in [5, 5.41) is 16.3. The molecule has 0 saturated carbocycles. The zero-order chi connectivity index (χ0) is 11.0. The van der Waals surface area contributed by atoms with Crippen LogP contribution in [0.15, 0.2) is 0 Å². The van der Waals surface area contributed by atoms with Crippen LogP contribution in [0, 0.1) is 0 Å². The van der Waals surface area contributed by atoms with E-state index in [2.05, 4.69) is 17.3 Å². The quantitative estimate of drug-likeness (QED) is 0.820. The number of aromatic nitrogens is 2. The Kier molecular flexibility index (Phi) is 3.93. The molecule has 2 heterocycles. The summed E-state index contributed by atoms with van der Waals surface area (Å²) >= 11 is 0. The maximum absolute atomic E-state index is 11.0. The number of aryl methyl sites for hydroxylation is 1. The minimum atomic E-state index is -0.939. The summed E-state index contributed by atoms with van der Waals surface area (Å²) in [5.41, 5.74) is 2.12. The molecule has 0 bridgehead atoms. The average Bonchev–Trinajstić information content (AvgIpc) is 2.56. The molecule has 5 nitrogen and oxygen atoms in total. The number of carboxylic acid groups (broad SMARTS) is 1. The summed E-state index contributed by atoms with van der Waals surface area (Å²) in [5.74, 6) is -0.565. The summed E-state index contributed by atoms with van der Waals surface area (Å²) in [6.07, 6.45) is 0.999. The van der Waals surface area contributed by atoms with Crippen molar-refractivity contribution in [2.24, 2.45) is 7.05 Å². The van der Waals surface area contributed by atoms with Gasteiger partial charge in [0.05, 0.1) is 0 Å². The smallest absolute Gasteiger partial charge is 0.356 e. The van der Waals surface area contributed by atoms with Crippen LogP contribution in [0.3, 0.4) is 0 Å². The van der Waals surface area contributed by atoms with E-state index in [4.69, 9.17) is 5.11 Å². The van der Waals surface area contributed by atoms with Crippen molar-refractivity contribution < 1.29 is 9.90 Å². The summed E-state index contributed by atoms with van der Waals surface area (Å²) in [7, 11) is 1.82. The molecule has 0 saturated heterocycles. The van der Waals surface area contributed by atoms with Crippen LogP contribution >= 0.6 is 12.4 Å². The van der Waals surface area contributed by atoms with Gasteiger partial charge in [-0.05, 0) is 6.42 Å². The molecule has 16 heavy (non-hydrogen) atoms. The second-order valence-corrected chi connectivity index (χ2v) is 3.88. The predicted octanol–water partition coefficient (Wildman–Crippen LogP) is 1.14. The first-order valence-electron chi connectivity index (χ1n) is 5.15. The highest BCUT2D eigenvalue weighted by Gasteiger charge is 2.28. The van der Waals surface area contributed by atoms with Gasteiger partial charge >= 0.3 is 5.97 Å². The number of carbonyl (C=O) groups is 1. The maximum atomic E-state index is 11.0. The van der Waals surface area contributed by atoms with E-state index in [0.717, 1.165) is 24.2 Å². The van der Waals surface area contributed by atoms with Gasteiger partial charge in [-0.25, -0.2) is 4.79 Å². The van der Waals surface area contributed by atoms with Crippen LogP contribution in [0.25, 0.3) is 0 Å². The van der Waals surface area contributed by atoms with Crippen molar-refractivity contribution in [3.8, 4) is 0 Å². The van der Waals surface area contributed by atoms with Gasteiger partial charge < -0.3 is 10.4 Å². The largest absolute Gasteiger partial charge is 0.476 e. The van der Waals surface area contributed by atoms with E-state index in [1.165, 1.54) is 0 Å². The van der Waals surface area contributed by atoms with E-state index in [0.29, 0.717) is 12.5 Å². The van der Waals surface area contributed by atoms with Crippen LogP contribution in [0.1, 0.15) is 41.0 Å². The summed E-state index contributed by atoms with van der Waals surface area (Å²) in [6.45, 7) is 3.62. The van der Waals surface area contributed by atoms with Crippen molar-refractivity contribution in [3.05, 3.63) is 17.0 Å². The number of fused-ring (bicyclic) bond motifs is 1. The van der Waals surface area contributed by atoms with Gasteiger partial charge in [0, 0.05) is 37.3 Å². The molecule has 0 fully saturated rings. The molecule has 0 unspecified atom stereocenters. The molecular formula is C10H16ClN3O2. The Hall–Kier alpha value is -1.07. The number of nitrogens with one attached hydrogen (secondary N) is 1. The lowest BCUT2D eigenvalue weighted by atomic mass is 9.94. The third kappa shape index (κ3) is 1.92. The number of carboxylic acids is 1. The highest BCUT2D eigenvalue weighted by molar-refractivity contribution is 5.87. The maximum Gasteiger partial charge on any atom is 0.356 e. The van der Waals surface area contributed by atoms with Gasteiger partial charge in [0.25, 0.3) is 0 Å². The van der Waals surface area contributed by atoms with Crippen molar-refractivity contribution in [3.63, 3.8) is 0 Å². The van der Waals surface area contributed by atoms with Gasteiger partial charge in [-0.2, -0.15) is 5.10 Å². The number of aromatic carboxylic acids is 1. The van der Waals surface area contributed by atoms with E-state index in [9.17, 15) is 4.79 Å². The molecule has 1 aliphatic heterocycles. The third-order valence-corrected chi connectivity index (χ3v) is 2.97. The summed E-state index contributed by atoms with van der Waals surface area (Å²) in [4.78, 5) is 11.0. The van der Waals surface area contributed by atoms with Crippen molar-refractivity contribution in [1.29, 1.82) is 0 Å². The first-order valence-corrected chi connectivity index (χ1v) is 5.15. The molecule has 2 N–H and O–H groups in total. The third-order valence-electron chi connectivity index (χ3n) is 2.97. The molecule has 0 radical (unpaired) electrons. The van der Waals surface area contributed by atoms with Crippen molar-refractivity contribution in [2.45, 2.75) is 25.8 Å². The zero-order valence-electron chi connectivity index (χ0n) is 9.36. The van der Waals surface area contributed by atoms with Crippen molar-refractivity contribution in [1.82, 2.24) is 15.1 Å². The van der Waals surface area contributed by atoms with Crippen LogP contribution in [0.5, 0.6) is 0 Å². The lowest BCUT2D eigenvalue weighted by Gasteiger charge is -2.23. The molecule has 6 heteroatoms. The van der Waals surface area contributed by atoms with E-state index in [-0.39, 0.29) is 18.1 Å². The number of hydrogen-bond donors (Lipinski definition) is 2. The van der Waals surface area contributed by atoms with Gasteiger partial charge in [0.1, 0.15) is 0 Å². The number of nitrogens with zero attached hydrogens (tertiary/aromatic N) is 2. The Morgan fingerprint density at radius 2 is 2.38 bits per heavy atom. The number of halogens is 1. The van der Waals surface area contributed by atoms with Crippen LogP contribution in [0.2, 0.25) is 0 Å². The Morgan fingerprint density at radius 1 is 1.69 bits per heavy atom. The van der Waals surface area contributed by atoms with Crippen LogP contribution in [-0.4, -0.2) is 27.4 Å². The SMILES string of the molecule is CC[C@@H]1CNCc2c(C(=O)O)nn(C)c21.Cl. The number of hydrogen-bond acceptors (Lipinski definition) is 3. The highest BCUT2D eigenvalue weighted by atomic mass is 35.5. The second kappa shape index (κ2) is 4.84. The van der Waals surface area contributed by atoms with E-state index in [1.807, 2.05) is 7.05 Å². The molecule has 2 rings (SSSR count). The molecule has 1 atom stereocenters. The minimum Gasteiger partial charge on any atom is -0.476 e. The number of rotatable bonds is 2. The summed E-state index contributed by atoms with van der Waals surface area (Å²) < 4.78 is 1.72. The molecule has 90 valence electrons. The molecule has 1 aliphatic rings. The highest BCUT2D eigenvalue weighted by Crippen LogP contribution is 2.28. The van der Waals surface area contributed by atoms with Gasteiger partial charge in [-0.15, -0.1) is 12.4 Å². The second-order valence-electron chi connectivity index (χ2n) is 3.88. The molecule has 1 aromatic heterocycles. The zero-order valence-corrected chi connectivity index (χ0v) is 10.2. The van der Waals surface area contributed by atoms with E-state index >= 15 is 0 Å². The molecule has 0 spiro atoms. The molecule has 0 aromatic carbocycles. The lowest BCUT2D eigenvalue weighted by Crippen LogP contribution is -2.29. The van der Waals surface area contributed by atoms with Crippen molar-refractivity contribution in [2.75, 3.05) is 6.54 Å². The fourth-order valence-electron chi connectivity index (χ4n) is 2.24. The van der Waals surface area contributed by atoms with Crippen LogP contribution in [-0.2, 0) is 13.6 Å². The summed E-state index contributed by atoms with van der Waals surface area (Å²) in [6, 6.07) is 0. The molecule has 0 amide bonds. The molecule has 0 aliphatic carbocycles. The monoisotopic (exact) mass is 245 g/mol.